The van der Waals surface area contributed by atoms with Crippen LogP contribution in [-0.4, -0.2) is 54.1 Å². The van der Waals surface area contributed by atoms with Crippen molar-refractivity contribution in [2.45, 2.75) is 0 Å². The van der Waals surface area contributed by atoms with Gasteiger partial charge in [0, 0.05) is 19.4 Å². The van der Waals surface area contributed by atoms with Crippen LogP contribution < -0.4 is 52.5 Å². The van der Waals surface area contributed by atoms with Gasteiger partial charge in [-0.3, -0.25) is 0 Å². The van der Waals surface area contributed by atoms with E-state index in [2.05, 4.69) is 0 Å². The molecule has 0 aliphatic heterocycles. The van der Waals surface area contributed by atoms with Crippen molar-refractivity contribution in [2.24, 2.45) is 0 Å². The van der Waals surface area contributed by atoms with Crippen LogP contribution in [0.25, 0.3) is 0 Å². The molecule has 0 saturated carbocycles. The van der Waals surface area contributed by atoms with E-state index in [-0.39, 0.29) is 71.9 Å². The van der Waals surface area contributed by atoms with Crippen molar-refractivity contribution in [1.29, 1.82) is 0 Å². The van der Waals surface area contributed by atoms with Crippen LogP contribution in [-0.2, 0) is 14.4 Å². The molecule has 0 aliphatic carbocycles. The van der Waals surface area contributed by atoms with E-state index in [0.717, 1.165) is 0 Å². The molecule has 0 aromatic heterocycles. The maximum Gasteiger partial charge on any atom is 3.00 e. The minimum Gasteiger partial charge on any atom is -1.00 e. The van der Waals surface area contributed by atoms with Gasteiger partial charge in [0.05, 0.1) is 0 Å². The zero-order chi connectivity index (χ0) is 8.12. The second kappa shape index (κ2) is 182. The van der Waals surface area contributed by atoms with Gasteiger partial charge >= 0.3 is 34.7 Å². The Bertz CT molecular complexity index is 63.1. The molecule has 0 fully saturated rings. The minimum absolute atomic E-state index is 0. The number of carbonyl (C=O) groups is 3. The molecular formula is C3H3Al2Cl3O6. The van der Waals surface area contributed by atoms with Gasteiger partial charge in [-0.05, 0) is 0 Å². The first-order chi connectivity index (χ1) is 4.24. The topological polar surface area (TPSA) is 120 Å². The summed E-state index contributed by atoms with van der Waals surface area (Å²) in [5, 5.41) is 24.8. The monoisotopic (exact) mass is 294 g/mol. The van der Waals surface area contributed by atoms with Gasteiger partial charge in [-0.2, -0.15) is 0 Å². The van der Waals surface area contributed by atoms with E-state index in [1.165, 1.54) is 0 Å². The first-order valence-corrected chi connectivity index (χ1v) is 1.41. The van der Waals surface area contributed by atoms with E-state index in [1.807, 2.05) is 0 Å². The molecule has 0 heterocycles. The summed E-state index contributed by atoms with van der Waals surface area (Å²) in [6.07, 6.45) is 0. The molecule has 0 rings (SSSR count). The predicted molar refractivity (Wildman–Crippen MR) is 29.7 cm³/mol. The predicted octanol–water partition coefficient (Wildman–Crippen LogP) is -14.7. The smallest absolute Gasteiger partial charge is 1.00 e. The molecule has 14 heavy (non-hydrogen) atoms. The average molecular weight is 295 g/mol. The molecule has 78 valence electrons. The van der Waals surface area contributed by atoms with Crippen molar-refractivity contribution in [3.05, 3.63) is 0 Å². The molecule has 0 radical (unpaired) electrons. The summed E-state index contributed by atoms with van der Waals surface area (Å²) in [5.41, 5.74) is 0. The number of hydrogen-bond acceptors (Lipinski definition) is 6. The van der Waals surface area contributed by atoms with Gasteiger partial charge in [-0.15, -0.1) is 0 Å². The van der Waals surface area contributed by atoms with Gasteiger partial charge in [0.15, 0.2) is 0 Å². The summed E-state index contributed by atoms with van der Waals surface area (Å²) in [6.45, 7) is -1.50. The van der Waals surface area contributed by atoms with Gasteiger partial charge in [0.2, 0.25) is 0 Å². The van der Waals surface area contributed by atoms with E-state index in [1.54, 1.807) is 0 Å². The van der Waals surface area contributed by atoms with Crippen LogP contribution >= 0.6 is 0 Å². The summed E-state index contributed by atoms with van der Waals surface area (Å²) in [7, 11) is 0. The standard InChI is InChI=1S/3CH2O2.2Al.3ClH/c3*2-1-3;;;;;/h3*1H,(H,2,3);;;3*1H/q;;;2*+3;;;/p-6. The molecule has 0 aliphatic rings. The maximum atomic E-state index is 8.25. The Morgan fingerprint density at radius 1 is 0.571 bits per heavy atom. The Kier molecular flexibility index (Phi) is 824. The number of rotatable bonds is 0. The number of hydrogen-bond donors (Lipinski definition) is 0. The second-order valence-corrected chi connectivity index (χ2v) is 0.289. The zero-order valence-electron chi connectivity index (χ0n) is 6.47. The fourth-order valence-electron chi connectivity index (χ4n) is 0. The van der Waals surface area contributed by atoms with Crippen molar-refractivity contribution < 1.29 is 66.9 Å². The molecule has 0 bridgehead atoms. The molecule has 11 heteroatoms. The van der Waals surface area contributed by atoms with Crippen LogP contribution in [0.5, 0.6) is 0 Å². The van der Waals surface area contributed by atoms with E-state index in [9.17, 15) is 0 Å². The largest absolute Gasteiger partial charge is 3.00 e. The van der Waals surface area contributed by atoms with Crippen molar-refractivity contribution in [2.75, 3.05) is 0 Å². The SMILES string of the molecule is O=C[O-].O=C[O-].O=C[O-].[Al+3].[Al+3].[Cl-].[Cl-].[Cl-]. The number of carboxylic acid groups (broad SMARTS) is 3. The van der Waals surface area contributed by atoms with Crippen LogP contribution in [0, 0.1) is 0 Å². The van der Waals surface area contributed by atoms with Crippen LogP contribution in [0.2, 0.25) is 0 Å². The van der Waals surface area contributed by atoms with Crippen LogP contribution in [0.1, 0.15) is 0 Å². The Balaban J connectivity index is -0.00000000545. The van der Waals surface area contributed by atoms with Crippen LogP contribution in [0.15, 0.2) is 0 Å². The third-order valence-corrected chi connectivity index (χ3v) is 0. The Labute approximate surface area is 121 Å². The molecule has 0 spiro atoms. The third kappa shape index (κ3) is 13400. The first-order valence-electron chi connectivity index (χ1n) is 1.41. The normalized spacial score (nSPS) is 2.57. The summed E-state index contributed by atoms with van der Waals surface area (Å²) < 4.78 is 0. The summed E-state index contributed by atoms with van der Waals surface area (Å²) in [5.74, 6) is 0. The van der Waals surface area contributed by atoms with Crippen LogP contribution in [0.4, 0.5) is 0 Å². The molecule has 0 saturated heterocycles. The molecular weight excluding hydrogens is 292 g/mol. The minimum atomic E-state index is -0.500. The fourth-order valence-corrected chi connectivity index (χ4v) is 0. The summed E-state index contributed by atoms with van der Waals surface area (Å²) >= 11 is 0. The van der Waals surface area contributed by atoms with Gasteiger partial charge in [-0.25, -0.2) is 0 Å². The van der Waals surface area contributed by atoms with E-state index in [4.69, 9.17) is 29.7 Å². The summed E-state index contributed by atoms with van der Waals surface area (Å²) in [6, 6.07) is 0. The van der Waals surface area contributed by atoms with E-state index < -0.39 is 19.4 Å². The molecule has 0 N–H and O–H groups in total. The van der Waals surface area contributed by atoms with Crippen molar-refractivity contribution >= 4 is 54.1 Å². The van der Waals surface area contributed by atoms with Crippen molar-refractivity contribution in [3.8, 4) is 0 Å². The molecule has 0 aromatic rings. The molecule has 0 amide bonds. The Morgan fingerprint density at radius 3 is 0.571 bits per heavy atom. The molecule has 0 unspecified atom stereocenters. The van der Waals surface area contributed by atoms with E-state index in [0.29, 0.717) is 0 Å². The average Bonchev–Trinajstić information content (AvgIpc) is 1.70. The Hall–Kier alpha value is 0.345. The zero-order valence-corrected chi connectivity index (χ0v) is 11.0. The summed E-state index contributed by atoms with van der Waals surface area (Å²) in [4.78, 5) is 24.8. The Morgan fingerprint density at radius 2 is 0.571 bits per heavy atom. The fraction of sp³-hybridized carbons (Fsp3) is 0. The number of carbonyl (C=O) groups excluding carboxylic acids is 3. The van der Waals surface area contributed by atoms with Crippen molar-refractivity contribution in [1.82, 2.24) is 0 Å². The molecule has 6 nitrogen and oxygen atoms in total. The molecule has 0 atom stereocenters. The van der Waals surface area contributed by atoms with Gasteiger partial charge in [0.1, 0.15) is 0 Å². The maximum absolute atomic E-state index is 8.25. The van der Waals surface area contributed by atoms with E-state index >= 15 is 0 Å². The number of halogens is 3. The van der Waals surface area contributed by atoms with Gasteiger partial charge < -0.3 is 66.9 Å². The third-order valence-electron chi connectivity index (χ3n) is 0. The van der Waals surface area contributed by atoms with Crippen LogP contribution in [0.3, 0.4) is 0 Å². The first kappa shape index (κ1) is 63.5. The van der Waals surface area contributed by atoms with Gasteiger partial charge in [0.25, 0.3) is 0 Å². The second-order valence-electron chi connectivity index (χ2n) is 0.289. The van der Waals surface area contributed by atoms with Crippen molar-refractivity contribution in [3.63, 3.8) is 0 Å². The van der Waals surface area contributed by atoms with Gasteiger partial charge in [-0.1, -0.05) is 0 Å². The quantitative estimate of drug-likeness (QED) is 0.323. The molecule has 0 aromatic carbocycles.